The van der Waals surface area contributed by atoms with Crippen molar-refractivity contribution in [1.82, 2.24) is 4.57 Å². The van der Waals surface area contributed by atoms with Gasteiger partial charge in [0.05, 0.1) is 11.2 Å². The van der Waals surface area contributed by atoms with E-state index in [1.165, 1.54) is 66.7 Å². The first kappa shape index (κ1) is 31.6. The summed E-state index contributed by atoms with van der Waals surface area (Å²) in [5, 5.41) is 1.25. The first-order chi connectivity index (χ1) is 26.8. The van der Waals surface area contributed by atoms with Gasteiger partial charge in [-0.05, 0) is 99.6 Å². The summed E-state index contributed by atoms with van der Waals surface area (Å²) in [5.74, 6) is 0. The van der Waals surface area contributed by atoms with E-state index in [0.717, 1.165) is 22.7 Å². The zero-order chi connectivity index (χ0) is 35.8. The van der Waals surface area contributed by atoms with Crippen molar-refractivity contribution in [3.63, 3.8) is 0 Å². The van der Waals surface area contributed by atoms with Gasteiger partial charge in [0, 0.05) is 39.3 Å². The minimum atomic E-state index is 1.10. The number of benzene rings is 8. The quantitative estimate of drug-likeness (QED) is 0.162. The third kappa shape index (κ3) is 5.53. The van der Waals surface area contributed by atoms with E-state index in [1.807, 2.05) is 0 Å². The highest BCUT2D eigenvalue weighted by molar-refractivity contribution is 6.16. The number of hydrogen-bond acceptors (Lipinski definition) is 1. The minimum absolute atomic E-state index is 1.10. The molecular weight excluding hydrogens is 653 g/mol. The van der Waals surface area contributed by atoms with Crippen LogP contribution in [-0.2, 0) is 0 Å². The molecule has 0 saturated carbocycles. The maximum atomic E-state index is 2.45. The molecule has 2 nitrogen and oxygen atoms in total. The van der Waals surface area contributed by atoms with Gasteiger partial charge in [-0.3, -0.25) is 0 Å². The van der Waals surface area contributed by atoms with Gasteiger partial charge in [-0.15, -0.1) is 0 Å². The Morgan fingerprint density at radius 1 is 0.389 bits per heavy atom. The molecule has 0 radical (unpaired) electrons. The first-order valence-electron chi connectivity index (χ1n) is 18.5. The Morgan fingerprint density at radius 3 is 1.46 bits per heavy atom. The molecule has 1 aromatic heterocycles. The molecular formula is C52H36N2. The second-order valence-electron chi connectivity index (χ2n) is 13.8. The lowest BCUT2D eigenvalue weighted by atomic mass is 9.99. The van der Waals surface area contributed by atoms with E-state index in [2.05, 4.69) is 228 Å². The van der Waals surface area contributed by atoms with Crippen molar-refractivity contribution in [1.29, 1.82) is 0 Å². The fourth-order valence-corrected chi connectivity index (χ4v) is 8.03. The molecule has 0 N–H and O–H groups in total. The standard InChI is InChI=1S/C52H36N2/c1-5-15-37(16-6-1)35-49-46-34-33-45(36-48(46)51-47-23-13-14-24-50(47)54(52(49)51)42-21-11-4-12-22-42)53(43-29-25-40(26-30-43)38-17-7-2-8-18-38)44-31-27-41(28-32-44)39-19-9-3-10-20-39/h1-36H/b49-35+. The first-order valence-corrected chi connectivity index (χ1v) is 18.5. The number of fused-ring (bicyclic) bond motifs is 5. The number of rotatable bonds is 7. The van der Waals surface area contributed by atoms with Crippen molar-refractivity contribution in [2.45, 2.75) is 0 Å². The highest BCUT2D eigenvalue weighted by Gasteiger charge is 2.32. The van der Waals surface area contributed by atoms with Crippen molar-refractivity contribution >= 4 is 39.6 Å². The lowest BCUT2D eigenvalue weighted by Crippen LogP contribution is -2.10. The van der Waals surface area contributed by atoms with E-state index < -0.39 is 0 Å². The van der Waals surface area contributed by atoms with E-state index in [0.29, 0.717) is 0 Å². The van der Waals surface area contributed by atoms with E-state index >= 15 is 0 Å². The van der Waals surface area contributed by atoms with Gasteiger partial charge in [0.25, 0.3) is 0 Å². The zero-order valence-corrected chi connectivity index (χ0v) is 29.7. The van der Waals surface area contributed by atoms with Crippen LogP contribution in [0.15, 0.2) is 212 Å². The topological polar surface area (TPSA) is 8.17 Å². The molecule has 1 aliphatic rings. The van der Waals surface area contributed by atoms with Crippen molar-refractivity contribution in [3.05, 3.63) is 229 Å². The molecule has 254 valence electrons. The molecule has 54 heavy (non-hydrogen) atoms. The Balaban J connectivity index is 1.18. The monoisotopic (exact) mass is 688 g/mol. The molecule has 0 fully saturated rings. The Morgan fingerprint density at radius 2 is 0.870 bits per heavy atom. The molecule has 0 spiro atoms. The zero-order valence-electron chi connectivity index (χ0n) is 29.7. The van der Waals surface area contributed by atoms with Crippen LogP contribution in [0.2, 0.25) is 0 Å². The fourth-order valence-electron chi connectivity index (χ4n) is 8.03. The average molecular weight is 689 g/mol. The average Bonchev–Trinajstić information content (AvgIpc) is 3.75. The van der Waals surface area contributed by atoms with Gasteiger partial charge in [-0.2, -0.15) is 0 Å². The Bertz CT molecular complexity index is 2680. The van der Waals surface area contributed by atoms with Gasteiger partial charge in [0.2, 0.25) is 0 Å². The molecule has 8 aromatic carbocycles. The molecule has 0 aliphatic heterocycles. The molecule has 0 amide bonds. The summed E-state index contributed by atoms with van der Waals surface area (Å²) in [6.07, 6.45) is 2.35. The molecule has 0 saturated heterocycles. The molecule has 2 heteroatoms. The predicted octanol–water partition coefficient (Wildman–Crippen LogP) is 14.0. The van der Waals surface area contributed by atoms with Crippen LogP contribution in [0, 0.1) is 0 Å². The number of para-hydroxylation sites is 2. The minimum Gasteiger partial charge on any atom is -0.310 e. The molecule has 1 aliphatic carbocycles. The molecule has 1 heterocycles. The highest BCUT2D eigenvalue weighted by Crippen LogP contribution is 2.52. The fraction of sp³-hybridized carbons (Fsp3) is 0. The van der Waals surface area contributed by atoms with Crippen LogP contribution in [0.5, 0.6) is 0 Å². The number of aromatic nitrogens is 1. The summed E-state index contributed by atoms with van der Waals surface area (Å²) in [6, 6.07) is 76.4. The van der Waals surface area contributed by atoms with Crippen LogP contribution in [0.25, 0.3) is 61.6 Å². The molecule has 0 bridgehead atoms. The summed E-state index contributed by atoms with van der Waals surface area (Å²) in [5.41, 5.74) is 17.9. The summed E-state index contributed by atoms with van der Waals surface area (Å²) >= 11 is 0. The van der Waals surface area contributed by atoms with Gasteiger partial charge in [0.1, 0.15) is 0 Å². The summed E-state index contributed by atoms with van der Waals surface area (Å²) in [7, 11) is 0. The van der Waals surface area contributed by atoms with Gasteiger partial charge in [-0.1, -0.05) is 158 Å². The third-order valence-electron chi connectivity index (χ3n) is 10.5. The smallest absolute Gasteiger partial charge is 0.0626 e. The van der Waals surface area contributed by atoms with E-state index in [4.69, 9.17) is 0 Å². The Kier molecular flexibility index (Phi) is 7.85. The molecule has 0 atom stereocenters. The van der Waals surface area contributed by atoms with Crippen molar-refractivity contribution in [3.8, 4) is 39.1 Å². The Labute approximate surface area is 316 Å². The number of anilines is 3. The Hall–Kier alpha value is -7.16. The number of nitrogens with zero attached hydrogens (tertiary/aromatic N) is 2. The SMILES string of the molecule is C(=C1/c2ccc(N(c3ccc(-c4ccccc4)cc3)c3ccc(-c4ccccc4)cc3)cc2-c2c1n(-c1ccccc1)c1ccccc21)/c1ccccc1. The molecule has 0 unspecified atom stereocenters. The summed E-state index contributed by atoms with van der Waals surface area (Å²) < 4.78 is 2.45. The maximum absolute atomic E-state index is 2.45. The van der Waals surface area contributed by atoms with Gasteiger partial charge < -0.3 is 9.47 Å². The van der Waals surface area contributed by atoms with E-state index in [-0.39, 0.29) is 0 Å². The lowest BCUT2D eigenvalue weighted by molar-refractivity contribution is 1.11. The summed E-state index contributed by atoms with van der Waals surface area (Å²) in [6.45, 7) is 0. The van der Waals surface area contributed by atoms with Crippen LogP contribution < -0.4 is 4.90 Å². The van der Waals surface area contributed by atoms with E-state index in [9.17, 15) is 0 Å². The maximum Gasteiger partial charge on any atom is 0.0626 e. The summed E-state index contributed by atoms with van der Waals surface area (Å²) in [4.78, 5) is 2.39. The predicted molar refractivity (Wildman–Crippen MR) is 228 cm³/mol. The molecule has 10 rings (SSSR count). The largest absolute Gasteiger partial charge is 0.310 e. The van der Waals surface area contributed by atoms with Crippen LogP contribution in [-0.4, -0.2) is 4.57 Å². The van der Waals surface area contributed by atoms with Crippen LogP contribution in [0.3, 0.4) is 0 Å². The van der Waals surface area contributed by atoms with Gasteiger partial charge in [-0.25, -0.2) is 0 Å². The van der Waals surface area contributed by atoms with Crippen LogP contribution in [0.1, 0.15) is 16.8 Å². The second-order valence-corrected chi connectivity index (χ2v) is 13.8. The normalized spacial score (nSPS) is 12.5. The van der Waals surface area contributed by atoms with E-state index in [1.54, 1.807) is 0 Å². The number of hydrogen-bond donors (Lipinski definition) is 0. The third-order valence-corrected chi connectivity index (χ3v) is 10.5. The van der Waals surface area contributed by atoms with Crippen LogP contribution >= 0.6 is 0 Å². The second kappa shape index (κ2) is 13.4. The van der Waals surface area contributed by atoms with Gasteiger partial charge in [0.15, 0.2) is 0 Å². The van der Waals surface area contributed by atoms with Crippen molar-refractivity contribution in [2.24, 2.45) is 0 Å². The molecule has 9 aromatic rings. The lowest BCUT2D eigenvalue weighted by Gasteiger charge is -2.26. The highest BCUT2D eigenvalue weighted by atomic mass is 15.1. The van der Waals surface area contributed by atoms with Gasteiger partial charge >= 0.3 is 0 Å². The van der Waals surface area contributed by atoms with Crippen LogP contribution in [0.4, 0.5) is 17.1 Å². The van der Waals surface area contributed by atoms with Crippen molar-refractivity contribution < 1.29 is 0 Å². The van der Waals surface area contributed by atoms with Crippen molar-refractivity contribution in [2.75, 3.05) is 4.90 Å².